The van der Waals surface area contributed by atoms with E-state index in [2.05, 4.69) is 25.8 Å². The summed E-state index contributed by atoms with van der Waals surface area (Å²) in [6.45, 7) is 1.01. The van der Waals surface area contributed by atoms with Crippen LogP contribution in [-0.2, 0) is 16.6 Å². The highest BCUT2D eigenvalue weighted by Crippen LogP contribution is 2.22. The highest BCUT2D eigenvalue weighted by atomic mass is 79.9. The zero-order valence-electron chi connectivity index (χ0n) is 10.7. The predicted molar refractivity (Wildman–Crippen MR) is 80.6 cm³/mol. The van der Waals surface area contributed by atoms with Gasteiger partial charge in [-0.3, -0.25) is 4.68 Å². The van der Waals surface area contributed by atoms with Crippen LogP contribution in [-0.4, -0.2) is 24.7 Å². The van der Waals surface area contributed by atoms with Gasteiger partial charge in [0.1, 0.15) is 0 Å². The van der Waals surface area contributed by atoms with E-state index in [9.17, 15) is 8.42 Å². The Morgan fingerprint density at radius 1 is 1.40 bits per heavy atom. The Bertz CT molecular complexity index is 671. The second-order valence-electron chi connectivity index (χ2n) is 4.20. The Kier molecular flexibility index (Phi) is 4.79. The number of benzene rings is 1. The van der Waals surface area contributed by atoms with Crippen molar-refractivity contribution < 1.29 is 8.42 Å². The first-order valence-electron chi connectivity index (χ1n) is 6.01. The van der Waals surface area contributed by atoms with Crippen molar-refractivity contribution in [2.24, 2.45) is 0 Å². The first-order valence-corrected chi connectivity index (χ1v) is 8.29. The van der Waals surface area contributed by atoms with Crippen LogP contribution in [0.15, 0.2) is 46.0 Å². The van der Waals surface area contributed by atoms with Gasteiger partial charge in [0.25, 0.3) is 0 Å². The molecule has 1 aromatic carbocycles. The number of halogens is 1. The van der Waals surface area contributed by atoms with E-state index in [1.807, 2.05) is 12.3 Å². The molecule has 20 heavy (non-hydrogen) atoms. The molecule has 0 saturated carbocycles. The zero-order valence-corrected chi connectivity index (χ0v) is 13.1. The average molecular weight is 359 g/mol. The molecule has 0 unspecified atom stereocenters. The maximum atomic E-state index is 12.1. The molecule has 0 fully saturated rings. The van der Waals surface area contributed by atoms with Crippen molar-refractivity contribution in [2.45, 2.75) is 17.9 Å². The molecular formula is C12H15BrN4O2S. The van der Waals surface area contributed by atoms with E-state index < -0.39 is 10.0 Å². The minimum atomic E-state index is -3.52. The van der Waals surface area contributed by atoms with Crippen molar-refractivity contribution in [2.75, 3.05) is 12.3 Å². The molecule has 108 valence electrons. The van der Waals surface area contributed by atoms with Gasteiger partial charge in [-0.1, -0.05) is 0 Å². The molecule has 6 nitrogen and oxygen atoms in total. The van der Waals surface area contributed by atoms with E-state index in [0.29, 0.717) is 29.7 Å². The van der Waals surface area contributed by atoms with Crippen LogP contribution in [0.2, 0.25) is 0 Å². The molecule has 0 bridgehead atoms. The number of hydrogen-bond acceptors (Lipinski definition) is 4. The molecule has 0 aliphatic carbocycles. The van der Waals surface area contributed by atoms with Gasteiger partial charge in [-0.25, -0.2) is 13.1 Å². The molecule has 8 heteroatoms. The molecule has 1 heterocycles. The largest absolute Gasteiger partial charge is 0.398 e. The van der Waals surface area contributed by atoms with E-state index in [-0.39, 0.29) is 4.90 Å². The molecule has 0 aliphatic heterocycles. The van der Waals surface area contributed by atoms with Gasteiger partial charge in [0.05, 0.1) is 4.90 Å². The summed E-state index contributed by atoms with van der Waals surface area (Å²) in [7, 11) is -3.52. The Balaban J connectivity index is 1.92. The second kappa shape index (κ2) is 6.38. The number of nitrogens with zero attached hydrogens (tertiary/aromatic N) is 2. The highest BCUT2D eigenvalue weighted by Gasteiger charge is 2.14. The van der Waals surface area contributed by atoms with Crippen LogP contribution in [0.5, 0.6) is 0 Å². The van der Waals surface area contributed by atoms with Crippen LogP contribution in [0.25, 0.3) is 0 Å². The van der Waals surface area contributed by atoms with E-state index in [4.69, 9.17) is 5.73 Å². The molecular weight excluding hydrogens is 344 g/mol. The zero-order chi connectivity index (χ0) is 14.6. The van der Waals surface area contributed by atoms with Crippen LogP contribution < -0.4 is 10.5 Å². The summed E-state index contributed by atoms with van der Waals surface area (Å²) >= 11 is 3.23. The summed E-state index contributed by atoms with van der Waals surface area (Å²) in [5.41, 5.74) is 6.08. The molecule has 0 spiro atoms. The van der Waals surface area contributed by atoms with Gasteiger partial charge in [0, 0.05) is 35.6 Å². The maximum absolute atomic E-state index is 12.1. The molecule has 0 radical (unpaired) electrons. The van der Waals surface area contributed by atoms with Crippen molar-refractivity contribution in [3.63, 3.8) is 0 Å². The third kappa shape index (κ3) is 3.81. The third-order valence-corrected chi connectivity index (χ3v) is 4.87. The van der Waals surface area contributed by atoms with Gasteiger partial charge in [-0.05, 0) is 46.6 Å². The number of rotatable bonds is 6. The normalized spacial score (nSPS) is 11.7. The fourth-order valence-corrected chi connectivity index (χ4v) is 3.01. The lowest BCUT2D eigenvalue weighted by Gasteiger charge is -2.08. The molecule has 0 aliphatic rings. The van der Waals surface area contributed by atoms with E-state index in [1.165, 1.54) is 12.1 Å². The molecule has 2 aromatic rings. The first kappa shape index (κ1) is 15.0. The van der Waals surface area contributed by atoms with Crippen LogP contribution in [0.4, 0.5) is 5.69 Å². The van der Waals surface area contributed by atoms with E-state index >= 15 is 0 Å². The SMILES string of the molecule is Nc1cc(S(=O)(=O)NCCCn2cccn2)ccc1Br. The van der Waals surface area contributed by atoms with Crippen LogP contribution in [0.3, 0.4) is 0 Å². The van der Waals surface area contributed by atoms with Crippen LogP contribution >= 0.6 is 15.9 Å². The average Bonchev–Trinajstić information content (AvgIpc) is 2.91. The third-order valence-electron chi connectivity index (χ3n) is 2.69. The van der Waals surface area contributed by atoms with E-state index in [1.54, 1.807) is 16.9 Å². The lowest BCUT2D eigenvalue weighted by atomic mass is 10.3. The Morgan fingerprint density at radius 2 is 2.20 bits per heavy atom. The highest BCUT2D eigenvalue weighted by molar-refractivity contribution is 9.10. The smallest absolute Gasteiger partial charge is 0.240 e. The topological polar surface area (TPSA) is 90.0 Å². The van der Waals surface area contributed by atoms with Crippen molar-refractivity contribution in [3.05, 3.63) is 41.1 Å². The molecule has 1 aromatic heterocycles. The summed E-state index contributed by atoms with van der Waals surface area (Å²) < 4.78 is 29.1. The van der Waals surface area contributed by atoms with E-state index in [0.717, 1.165) is 0 Å². The number of nitrogens with one attached hydrogen (secondary N) is 1. The van der Waals surface area contributed by atoms with Crippen molar-refractivity contribution in [3.8, 4) is 0 Å². The summed E-state index contributed by atoms with van der Waals surface area (Å²) in [6.07, 6.45) is 4.19. The van der Waals surface area contributed by atoms with Crippen molar-refractivity contribution in [1.29, 1.82) is 0 Å². The number of sulfonamides is 1. The minimum Gasteiger partial charge on any atom is -0.398 e. The van der Waals surface area contributed by atoms with Gasteiger partial charge < -0.3 is 5.73 Å². The van der Waals surface area contributed by atoms with Gasteiger partial charge in [0.2, 0.25) is 10.0 Å². The number of aromatic nitrogens is 2. The fraction of sp³-hybridized carbons (Fsp3) is 0.250. The molecule has 0 amide bonds. The van der Waals surface area contributed by atoms with Gasteiger partial charge in [-0.15, -0.1) is 0 Å². The van der Waals surface area contributed by atoms with Crippen molar-refractivity contribution in [1.82, 2.24) is 14.5 Å². The Morgan fingerprint density at radius 3 is 2.85 bits per heavy atom. The number of nitrogen functional groups attached to an aromatic ring is 1. The molecule has 0 saturated heterocycles. The summed E-state index contributed by atoms with van der Waals surface area (Å²) in [6, 6.07) is 6.39. The number of aryl methyl sites for hydroxylation is 1. The number of anilines is 1. The van der Waals surface area contributed by atoms with Gasteiger partial charge in [0.15, 0.2) is 0 Å². The number of hydrogen-bond donors (Lipinski definition) is 2. The first-order chi connectivity index (χ1) is 9.49. The maximum Gasteiger partial charge on any atom is 0.240 e. The fourth-order valence-electron chi connectivity index (χ4n) is 1.65. The summed E-state index contributed by atoms with van der Waals surface area (Å²) in [5, 5.41) is 4.05. The van der Waals surface area contributed by atoms with Crippen LogP contribution in [0.1, 0.15) is 6.42 Å². The lowest BCUT2D eigenvalue weighted by molar-refractivity contribution is 0.553. The van der Waals surface area contributed by atoms with Gasteiger partial charge in [-0.2, -0.15) is 5.10 Å². The summed E-state index contributed by atoms with van der Waals surface area (Å²) in [4.78, 5) is 0.164. The standard InChI is InChI=1S/C12H15BrN4O2S/c13-11-4-3-10(9-12(11)14)20(18,19)16-6-2-8-17-7-1-5-15-17/h1,3-5,7,9,16H,2,6,8,14H2. The molecule has 3 N–H and O–H groups in total. The quantitative estimate of drug-likeness (QED) is 0.606. The van der Waals surface area contributed by atoms with Gasteiger partial charge >= 0.3 is 0 Å². The lowest BCUT2D eigenvalue weighted by Crippen LogP contribution is -2.25. The van der Waals surface area contributed by atoms with Crippen molar-refractivity contribution >= 4 is 31.6 Å². The number of nitrogens with two attached hydrogens (primary N) is 1. The monoisotopic (exact) mass is 358 g/mol. The Labute approximate surface area is 126 Å². The predicted octanol–water partition coefficient (Wildman–Crippen LogP) is 1.60. The van der Waals surface area contributed by atoms with Crippen LogP contribution in [0, 0.1) is 0 Å². The Hall–Kier alpha value is -1.38. The summed E-state index contributed by atoms with van der Waals surface area (Å²) in [5.74, 6) is 0. The molecule has 0 atom stereocenters. The second-order valence-corrected chi connectivity index (χ2v) is 6.83. The minimum absolute atomic E-state index is 0.164. The molecule has 2 rings (SSSR count).